The molecule has 2 aromatic rings. The Morgan fingerprint density at radius 3 is 2.43 bits per heavy atom. The van der Waals surface area contributed by atoms with Crippen molar-refractivity contribution in [3.05, 3.63) is 65.2 Å². The highest BCUT2D eigenvalue weighted by molar-refractivity contribution is 7.89. The van der Waals surface area contributed by atoms with E-state index in [1.165, 1.54) is 5.56 Å². The van der Waals surface area contributed by atoms with E-state index in [-0.39, 0.29) is 12.3 Å². The van der Waals surface area contributed by atoms with Crippen LogP contribution >= 0.6 is 0 Å². The van der Waals surface area contributed by atoms with Crippen LogP contribution in [0.3, 0.4) is 0 Å². The molecule has 0 fully saturated rings. The van der Waals surface area contributed by atoms with Crippen molar-refractivity contribution < 1.29 is 13.2 Å². The van der Waals surface area contributed by atoms with Crippen molar-refractivity contribution in [1.29, 1.82) is 0 Å². The second-order valence-corrected chi connectivity index (χ2v) is 7.47. The molecule has 0 radical (unpaired) electrons. The maximum atomic E-state index is 11.9. The molecule has 5 heteroatoms. The minimum atomic E-state index is -3.28. The van der Waals surface area contributed by atoms with Gasteiger partial charge < -0.3 is 4.74 Å². The first-order valence-corrected chi connectivity index (χ1v) is 9.33. The first-order chi connectivity index (χ1) is 11.0. The van der Waals surface area contributed by atoms with E-state index in [9.17, 15) is 8.42 Å². The van der Waals surface area contributed by atoms with Crippen LogP contribution in [0.25, 0.3) is 0 Å². The van der Waals surface area contributed by atoms with Gasteiger partial charge in [-0.2, -0.15) is 0 Å². The smallest absolute Gasteiger partial charge is 0.212 e. The molecule has 2 rings (SSSR count). The van der Waals surface area contributed by atoms with Gasteiger partial charge in [0.25, 0.3) is 0 Å². The molecular formula is C18H23NO3S. The van der Waals surface area contributed by atoms with Gasteiger partial charge in [-0.3, -0.25) is 0 Å². The van der Waals surface area contributed by atoms with Crippen molar-refractivity contribution in [1.82, 2.24) is 4.72 Å². The molecule has 0 unspecified atom stereocenters. The summed E-state index contributed by atoms with van der Waals surface area (Å²) in [6, 6.07) is 15.4. The summed E-state index contributed by atoms with van der Waals surface area (Å²) in [5, 5.41) is 0. The van der Waals surface area contributed by atoms with E-state index in [1.54, 1.807) is 0 Å². The molecule has 0 aliphatic carbocycles. The van der Waals surface area contributed by atoms with Crippen molar-refractivity contribution >= 4 is 10.0 Å². The highest BCUT2D eigenvalue weighted by Gasteiger charge is 2.09. The Hall–Kier alpha value is -1.85. The minimum Gasteiger partial charge on any atom is -0.492 e. The number of hydrogen-bond donors (Lipinski definition) is 1. The number of nitrogens with one attached hydrogen (secondary N) is 1. The zero-order valence-electron chi connectivity index (χ0n) is 13.6. The Balaban J connectivity index is 1.73. The zero-order chi connectivity index (χ0) is 16.7. The quantitative estimate of drug-likeness (QED) is 0.756. The third-order valence-corrected chi connectivity index (χ3v) is 5.06. The fraction of sp³-hybridized carbons (Fsp3) is 0.333. The van der Waals surface area contributed by atoms with Crippen LogP contribution in [-0.2, 0) is 16.4 Å². The van der Waals surface area contributed by atoms with Gasteiger partial charge in [-0.05, 0) is 49.1 Å². The van der Waals surface area contributed by atoms with Gasteiger partial charge in [0, 0.05) is 6.54 Å². The second-order valence-electron chi connectivity index (χ2n) is 5.54. The third-order valence-electron chi connectivity index (χ3n) is 3.67. The maximum Gasteiger partial charge on any atom is 0.212 e. The molecule has 4 nitrogen and oxygen atoms in total. The number of hydrogen-bond acceptors (Lipinski definition) is 3. The molecular weight excluding hydrogens is 310 g/mol. The van der Waals surface area contributed by atoms with Gasteiger partial charge in [0.05, 0.1) is 5.75 Å². The van der Waals surface area contributed by atoms with Gasteiger partial charge in [-0.1, -0.05) is 36.4 Å². The Bertz CT molecular complexity index is 727. The lowest BCUT2D eigenvalue weighted by Gasteiger charge is -2.10. The van der Waals surface area contributed by atoms with Crippen LogP contribution in [0.2, 0.25) is 0 Å². The molecule has 0 aliphatic rings. The highest BCUT2D eigenvalue weighted by atomic mass is 32.2. The lowest BCUT2D eigenvalue weighted by atomic mass is 10.1. The summed E-state index contributed by atoms with van der Waals surface area (Å²) < 4.78 is 32.0. The fourth-order valence-corrected chi connectivity index (χ4v) is 3.18. The molecule has 0 saturated heterocycles. The van der Waals surface area contributed by atoms with Crippen LogP contribution in [0.4, 0.5) is 0 Å². The molecule has 0 aromatic heterocycles. The molecule has 2 aromatic carbocycles. The van der Waals surface area contributed by atoms with Gasteiger partial charge in [-0.15, -0.1) is 0 Å². The van der Waals surface area contributed by atoms with Crippen LogP contribution in [-0.4, -0.2) is 27.3 Å². The number of benzene rings is 2. The van der Waals surface area contributed by atoms with Crippen molar-refractivity contribution in [2.75, 3.05) is 18.9 Å². The number of ether oxygens (including phenoxy) is 1. The van der Waals surface area contributed by atoms with E-state index in [2.05, 4.69) is 4.72 Å². The molecule has 0 amide bonds. The monoisotopic (exact) mass is 333 g/mol. The van der Waals surface area contributed by atoms with E-state index in [4.69, 9.17) is 4.74 Å². The minimum absolute atomic E-state index is 0.0840. The molecule has 124 valence electrons. The van der Waals surface area contributed by atoms with Crippen LogP contribution in [0.1, 0.15) is 16.7 Å². The Labute approximate surface area is 138 Å². The van der Waals surface area contributed by atoms with Crippen molar-refractivity contribution in [3.8, 4) is 5.75 Å². The molecule has 23 heavy (non-hydrogen) atoms. The molecule has 0 saturated carbocycles. The average molecular weight is 333 g/mol. The first-order valence-electron chi connectivity index (χ1n) is 7.67. The molecule has 0 aliphatic heterocycles. The topological polar surface area (TPSA) is 55.4 Å². The number of sulfonamides is 1. The summed E-state index contributed by atoms with van der Waals surface area (Å²) >= 11 is 0. The normalized spacial score (nSPS) is 11.4. The largest absolute Gasteiger partial charge is 0.492 e. The van der Waals surface area contributed by atoms with E-state index < -0.39 is 10.0 Å². The van der Waals surface area contributed by atoms with Gasteiger partial charge in [-0.25, -0.2) is 13.1 Å². The average Bonchev–Trinajstić information content (AvgIpc) is 2.54. The summed E-state index contributed by atoms with van der Waals surface area (Å²) in [4.78, 5) is 0. The summed E-state index contributed by atoms with van der Waals surface area (Å²) in [6.45, 7) is 4.64. The van der Waals surface area contributed by atoms with Crippen LogP contribution in [0.15, 0.2) is 48.5 Å². The Morgan fingerprint density at radius 1 is 1.00 bits per heavy atom. The molecule has 0 bridgehead atoms. The molecule has 0 heterocycles. The highest BCUT2D eigenvalue weighted by Crippen LogP contribution is 2.16. The molecule has 1 N–H and O–H groups in total. The van der Waals surface area contributed by atoms with Crippen molar-refractivity contribution in [2.45, 2.75) is 20.3 Å². The Morgan fingerprint density at radius 2 is 1.74 bits per heavy atom. The van der Waals surface area contributed by atoms with Gasteiger partial charge in [0.1, 0.15) is 12.4 Å². The summed E-state index contributed by atoms with van der Waals surface area (Å²) in [5.74, 6) is 0.845. The second kappa shape index (κ2) is 8.13. The van der Waals surface area contributed by atoms with Gasteiger partial charge in [0.2, 0.25) is 10.0 Å². The SMILES string of the molecule is Cc1ccc(OCCNS(=O)(=O)CCc2ccccc2)cc1C. The summed E-state index contributed by atoms with van der Waals surface area (Å²) in [7, 11) is -3.28. The predicted molar refractivity (Wildman–Crippen MR) is 93.3 cm³/mol. The van der Waals surface area contributed by atoms with E-state index >= 15 is 0 Å². The fourth-order valence-electron chi connectivity index (χ4n) is 2.14. The third kappa shape index (κ3) is 6.04. The van der Waals surface area contributed by atoms with Crippen LogP contribution in [0, 0.1) is 13.8 Å². The summed E-state index contributed by atoms with van der Waals surface area (Å²) in [5.41, 5.74) is 3.38. The number of rotatable bonds is 8. The van der Waals surface area contributed by atoms with E-state index in [1.807, 2.05) is 62.4 Å². The summed E-state index contributed by atoms with van der Waals surface area (Å²) in [6.07, 6.45) is 0.508. The van der Waals surface area contributed by atoms with Crippen LogP contribution in [0.5, 0.6) is 5.75 Å². The first kappa shape index (κ1) is 17.5. The zero-order valence-corrected chi connectivity index (χ0v) is 14.4. The van der Waals surface area contributed by atoms with Gasteiger partial charge in [0.15, 0.2) is 0 Å². The lowest BCUT2D eigenvalue weighted by molar-refractivity contribution is 0.322. The molecule has 0 atom stereocenters. The van der Waals surface area contributed by atoms with Crippen molar-refractivity contribution in [3.63, 3.8) is 0 Å². The predicted octanol–water partition coefficient (Wildman–Crippen LogP) is 2.84. The van der Waals surface area contributed by atoms with E-state index in [0.29, 0.717) is 13.0 Å². The number of aryl methyl sites for hydroxylation is 3. The Kier molecular flexibility index (Phi) is 6.19. The standard InChI is InChI=1S/C18H23NO3S/c1-15-8-9-18(14-16(15)2)22-12-11-19-23(20,21)13-10-17-6-4-3-5-7-17/h3-9,14,19H,10-13H2,1-2H3. The van der Waals surface area contributed by atoms with Crippen molar-refractivity contribution in [2.24, 2.45) is 0 Å². The van der Waals surface area contributed by atoms with Crippen LogP contribution < -0.4 is 9.46 Å². The van der Waals surface area contributed by atoms with Gasteiger partial charge >= 0.3 is 0 Å². The maximum absolute atomic E-state index is 11.9. The van der Waals surface area contributed by atoms with E-state index in [0.717, 1.165) is 16.9 Å². The molecule has 0 spiro atoms. The lowest BCUT2D eigenvalue weighted by Crippen LogP contribution is -2.31.